The molecule has 1 saturated heterocycles. The summed E-state index contributed by atoms with van der Waals surface area (Å²) in [4.78, 5) is 16.0. The van der Waals surface area contributed by atoms with Gasteiger partial charge in [0.2, 0.25) is 0 Å². The van der Waals surface area contributed by atoms with Crippen molar-refractivity contribution in [2.75, 3.05) is 47.1 Å². The molecule has 6 rings (SSSR count). The zero-order chi connectivity index (χ0) is 29.1. The second-order valence-electron chi connectivity index (χ2n) is 11.0. The minimum atomic E-state index is -0.548. The summed E-state index contributed by atoms with van der Waals surface area (Å²) in [5.74, 6) is 0.944. The monoisotopic (exact) mass is 608 g/mol. The van der Waals surface area contributed by atoms with Crippen molar-refractivity contribution >= 4 is 29.2 Å². The number of aromatic nitrogens is 1. The molecule has 1 fully saturated rings. The molecule has 0 amide bonds. The van der Waals surface area contributed by atoms with Gasteiger partial charge in [0.05, 0.1) is 24.8 Å². The highest BCUT2D eigenvalue weighted by Gasteiger charge is 2.35. The molecule has 4 aromatic rings. The maximum absolute atomic E-state index is 14.6. The van der Waals surface area contributed by atoms with E-state index in [9.17, 15) is 9.18 Å². The first kappa shape index (κ1) is 31.0. The van der Waals surface area contributed by atoms with Gasteiger partial charge in [-0.2, -0.15) is 0 Å². The van der Waals surface area contributed by atoms with Crippen LogP contribution in [0.5, 0.6) is 11.5 Å². The Labute approximate surface area is 257 Å². The predicted octanol–water partition coefficient (Wildman–Crippen LogP) is 6.38. The van der Waals surface area contributed by atoms with E-state index < -0.39 is 5.60 Å². The Balaban J connectivity index is 0.00000368. The van der Waals surface area contributed by atoms with Crippen molar-refractivity contribution in [3.8, 4) is 11.5 Å². The van der Waals surface area contributed by atoms with Crippen LogP contribution in [0.15, 0.2) is 66.7 Å². The molecule has 228 valence electrons. The van der Waals surface area contributed by atoms with Crippen molar-refractivity contribution in [2.45, 2.75) is 37.8 Å². The summed E-state index contributed by atoms with van der Waals surface area (Å²) in [6.45, 7) is 4.04. The summed E-state index contributed by atoms with van der Waals surface area (Å²) in [7, 11) is 3.33. The molecular weight excluding hydrogens is 571 g/mol. The molecule has 3 heterocycles. The average molecular weight is 609 g/mol. The second-order valence-corrected chi connectivity index (χ2v) is 11.0. The molecule has 0 spiro atoms. The van der Waals surface area contributed by atoms with Gasteiger partial charge in [-0.1, -0.05) is 18.2 Å². The zero-order valence-electron chi connectivity index (χ0n) is 24.6. The van der Waals surface area contributed by atoms with E-state index in [0.717, 1.165) is 65.9 Å². The maximum atomic E-state index is 14.6. The van der Waals surface area contributed by atoms with Crippen molar-refractivity contribution in [2.24, 2.45) is 0 Å². The van der Waals surface area contributed by atoms with Crippen LogP contribution in [0.4, 0.5) is 4.39 Å². The summed E-state index contributed by atoms with van der Waals surface area (Å²) in [5.41, 5.74) is 4.04. The number of hydrogen-bond acceptors (Lipinski definition) is 6. The van der Waals surface area contributed by atoms with E-state index >= 15 is 0 Å². The Morgan fingerprint density at radius 2 is 1.79 bits per heavy atom. The molecule has 0 radical (unpaired) electrons. The number of benzene rings is 3. The van der Waals surface area contributed by atoms with Crippen LogP contribution < -0.4 is 9.47 Å². The van der Waals surface area contributed by atoms with Crippen molar-refractivity contribution in [3.63, 3.8) is 0 Å². The van der Waals surface area contributed by atoms with E-state index in [2.05, 4.69) is 4.90 Å². The van der Waals surface area contributed by atoms with Gasteiger partial charge in [0.15, 0.2) is 0 Å². The molecule has 9 heteroatoms. The number of halogens is 2. The van der Waals surface area contributed by atoms with Crippen LogP contribution in [0.2, 0.25) is 0 Å². The van der Waals surface area contributed by atoms with Gasteiger partial charge in [0.25, 0.3) is 5.91 Å². The standard InChI is InChI=1S/C34H37FN2O5.ClH/c1-39-27-9-10-31-29(22-27)30-23-36(15-11-32(30)37(31)33(38)24-7-4-3-5-8-24)14-6-16-42-28-20-25(19-26(35)21-28)34(40-2)12-17-41-18-13-34;/h3-5,7-10,19-22H,6,11-18,23H2,1-2H3;1H. The smallest absolute Gasteiger partial charge is 0.262 e. The third-order valence-electron chi connectivity index (χ3n) is 8.63. The maximum Gasteiger partial charge on any atom is 0.262 e. The third-order valence-corrected chi connectivity index (χ3v) is 8.63. The Kier molecular flexibility index (Phi) is 9.72. The van der Waals surface area contributed by atoms with Gasteiger partial charge in [0.1, 0.15) is 17.3 Å². The minimum absolute atomic E-state index is 0. The van der Waals surface area contributed by atoms with Gasteiger partial charge in [-0.25, -0.2) is 4.39 Å². The lowest BCUT2D eigenvalue weighted by molar-refractivity contribution is -0.0950. The van der Waals surface area contributed by atoms with Crippen LogP contribution in [-0.4, -0.2) is 62.5 Å². The van der Waals surface area contributed by atoms with Crippen LogP contribution >= 0.6 is 12.4 Å². The molecule has 2 aliphatic rings. The molecule has 0 aliphatic carbocycles. The highest BCUT2D eigenvalue weighted by Crippen LogP contribution is 2.38. The molecule has 43 heavy (non-hydrogen) atoms. The number of carbonyl (C=O) groups is 1. The molecule has 7 nitrogen and oxygen atoms in total. The van der Waals surface area contributed by atoms with Gasteiger partial charge in [-0.3, -0.25) is 14.3 Å². The van der Waals surface area contributed by atoms with Crippen LogP contribution in [0.25, 0.3) is 10.9 Å². The molecule has 2 aliphatic heterocycles. The van der Waals surface area contributed by atoms with Crippen LogP contribution in [-0.2, 0) is 28.0 Å². The van der Waals surface area contributed by atoms with Crippen LogP contribution in [0, 0.1) is 5.82 Å². The van der Waals surface area contributed by atoms with Gasteiger partial charge in [0, 0.05) is 81.9 Å². The lowest BCUT2D eigenvalue weighted by atomic mass is 9.86. The fraction of sp³-hybridized carbons (Fsp3) is 0.382. The van der Waals surface area contributed by atoms with E-state index in [1.165, 1.54) is 6.07 Å². The summed E-state index contributed by atoms with van der Waals surface area (Å²) in [6.07, 6.45) is 2.92. The first-order chi connectivity index (χ1) is 20.5. The summed E-state index contributed by atoms with van der Waals surface area (Å²) in [5, 5.41) is 1.04. The topological polar surface area (TPSA) is 62.2 Å². The van der Waals surface area contributed by atoms with Crippen molar-refractivity contribution in [1.82, 2.24) is 9.47 Å². The van der Waals surface area contributed by atoms with Gasteiger partial charge >= 0.3 is 0 Å². The van der Waals surface area contributed by atoms with E-state index in [0.29, 0.717) is 44.0 Å². The molecule has 3 aromatic carbocycles. The molecule has 0 unspecified atom stereocenters. The Hall–Kier alpha value is -3.43. The van der Waals surface area contributed by atoms with Gasteiger partial charge < -0.3 is 18.9 Å². The summed E-state index contributed by atoms with van der Waals surface area (Å²) < 4.78 is 39.4. The largest absolute Gasteiger partial charge is 0.497 e. The zero-order valence-corrected chi connectivity index (χ0v) is 25.5. The second kappa shape index (κ2) is 13.5. The normalized spacial score (nSPS) is 16.3. The number of hydrogen-bond donors (Lipinski definition) is 0. The average Bonchev–Trinajstić information content (AvgIpc) is 3.36. The third kappa shape index (κ3) is 6.29. The number of ether oxygens (including phenoxy) is 4. The fourth-order valence-corrected chi connectivity index (χ4v) is 6.35. The quantitative estimate of drug-likeness (QED) is 0.206. The number of fused-ring (bicyclic) bond motifs is 3. The predicted molar refractivity (Wildman–Crippen MR) is 166 cm³/mol. The van der Waals surface area contributed by atoms with Crippen molar-refractivity contribution in [1.29, 1.82) is 0 Å². The first-order valence-corrected chi connectivity index (χ1v) is 14.6. The highest BCUT2D eigenvalue weighted by atomic mass is 35.5. The van der Waals surface area contributed by atoms with Crippen molar-refractivity contribution < 1.29 is 28.1 Å². The summed E-state index contributed by atoms with van der Waals surface area (Å²) >= 11 is 0. The molecule has 0 N–H and O–H groups in total. The van der Waals surface area contributed by atoms with E-state index in [1.54, 1.807) is 20.3 Å². The Bertz CT molecular complexity index is 1570. The molecule has 1 aromatic heterocycles. The number of rotatable bonds is 9. The first-order valence-electron chi connectivity index (χ1n) is 14.6. The molecule has 0 saturated carbocycles. The van der Waals surface area contributed by atoms with Crippen molar-refractivity contribution in [3.05, 3.63) is 94.9 Å². The summed E-state index contributed by atoms with van der Waals surface area (Å²) in [6, 6.07) is 20.2. The number of carbonyl (C=O) groups excluding carboxylic acids is 1. The SMILES string of the molecule is COc1ccc2c(c1)c1c(n2C(=O)c2ccccc2)CCN(CCCOc2cc(F)cc(C3(OC)CCOCC3)c2)C1.Cl. The minimum Gasteiger partial charge on any atom is -0.497 e. The van der Waals surface area contributed by atoms with Gasteiger partial charge in [-0.15, -0.1) is 12.4 Å². The highest BCUT2D eigenvalue weighted by molar-refractivity contribution is 6.04. The van der Waals surface area contributed by atoms with E-state index in [-0.39, 0.29) is 24.1 Å². The molecular formula is C34H38ClFN2O5. The van der Waals surface area contributed by atoms with E-state index in [1.807, 2.05) is 59.2 Å². The lowest BCUT2D eigenvalue weighted by Crippen LogP contribution is -2.35. The fourth-order valence-electron chi connectivity index (χ4n) is 6.35. The Morgan fingerprint density at radius 1 is 1.00 bits per heavy atom. The van der Waals surface area contributed by atoms with Gasteiger partial charge in [-0.05, 0) is 60.0 Å². The molecule has 0 bridgehead atoms. The Morgan fingerprint density at radius 3 is 2.53 bits per heavy atom. The number of methoxy groups -OCH3 is 2. The lowest BCUT2D eigenvalue weighted by Gasteiger charge is -2.36. The molecule has 0 atom stereocenters. The van der Waals surface area contributed by atoms with Crippen LogP contribution in [0.3, 0.4) is 0 Å². The van der Waals surface area contributed by atoms with Crippen LogP contribution in [0.1, 0.15) is 46.4 Å². The van der Waals surface area contributed by atoms with E-state index in [4.69, 9.17) is 18.9 Å². The number of nitrogens with zero attached hydrogens (tertiary/aromatic N) is 2.